The van der Waals surface area contributed by atoms with Crippen LogP contribution < -0.4 is 5.32 Å². The van der Waals surface area contributed by atoms with Gasteiger partial charge in [0.15, 0.2) is 0 Å². The van der Waals surface area contributed by atoms with Gasteiger partial charge >= 0.3 is 0 Å². The highest BCUT2D eigenvalue weighted by atomic mass is 16.1. The number of rotatable bonds is 5. The van der Waals surface area contributed by atoms with Crippen molar-refractivity contribution in [2.75, 3.05) is 26.7 Å². The smallest absolute Gasteiger partial charge is 0.271 e. The molecule has 0 bridgehead atoms. The number of aromatic amines is 1. The molecule has 1 atom stereocenters. The Balaban J connectivity index is 1.80. The minimum absolute atomic E-state index is 0.0653. The van der Waals surface area contributed by atoms with Crippen LogP contribution in [0.4, 0.5) is 0 Å². The van der Waals surface area contributed by atoms with Gasteiger partial charge in [-0.2, -0.15) is 5.10 Å². The molecule has 0 spiro atoms. The third-order valence-corrected chi connectivity index (χ3v) is 3.77. The molecule has 0 unspecified atom stereocenters. The van der Waals surface area contributed by atoms with E-state index in [1.807, 2.05) is 6.07 Å². The monoisotopic (exact) mass is 278 g/mol. The minimum atomic E-state index is -0.0653. The first-order valence-corrected chi connectivity index (χ1v) is 7.55. The Kier molecular flexibility index (Phi) is 5.17. The van der Waals surface area contributed by atoms with E-state index in [1.54, 1.807) is 0 Å². The lowest BCUT2D eigenvalue weighted by Gasteiger charge is -2.29. The molecule has 1 aromatic rings. The highest BCUT2D eigenvalue weighted by Crippen LogP contribution is 2.14. The van der Waals surface area contributed by atoms with Gasteiger partial charge in [0.2, 0.25) is 0 Å². The zero-order valence-corrected chi connectivity index (χ0v) is 12.8. The molecule has 20 heavy (non-hydrogen) atoms. The summed E-state index contributed by atoms with van der Waals surface area (Å²) in [5.74, 6) is 1.06. The van der Waals surface area contributed by atoms with Crippen molar-refractivity contribution in [3.8, 4) is 0 Å². The highest BCUT2D eigenvalue weighted by molar-refractivity contribution is 5.92. The van der Waals surface area contributed by atoms with Crippen LogP contribution in [-0.4, -0.2) is 47.7 Å². The number of carbonyl (C=O) groups excluding carboxylic acids is 1. The van der Waals surface area contributed by atoms with Crippen molar-refractivity contribution in [1.82, 2.24) is 20.4 Å². The van der Waals surface area contributed by atoms with Crippen LogP contribution in [0.2, 0.25) is 0 Å². The lowest BCUT2D eigenvalue weighted by Crippen LogP contribution is -2.39. The van der Waals surface area contributed by atoms with Gasteiger partial charge in [0.25, 0.3) is 5.91 Å². The van der Waals surface area contributed by atoms with Crippen LogP contribution in [0.3, 0.4) is 0 Å². The number of hydrogen-bond acceptors (Lipinski definition) is 3. The average Bonchev–Trinajstić information content (AvgIpc) is 2.84. The lowest BCUT2D eigenvalue weighted by molar-refractivity contribution is 0.0932. The molecular weight excluding hydrogens is 252 g/mol. The number of aromatic nitrogens is 2. The maximum absolute atomic E-state index is 12.1. The van der Waals surface area contributed by atoms with Crippen molar-refractivity contribution in [2.45, 2.75) is 33.1 Å². The van der Waals surface area contributed by atoms with Crippen molar-refractivity contribution >= 4 is 5.91 Å². The fraction of sp³-hybridized carbons (Fsp3) is 0.733. The Labute approximate surface area is 121 Å². The Morgan fingerprint density at radius 1 is 1.60 bits per heavy atom. The van der Waals surface area contributed by atoms with Gasteiger partial charge in [-0.05, 0) is 50.8 Å². The first-order valence-electron chi connectivity index (χ1n) is 7.55. The van der Waals surface area contributed by atoms with Gasteiger partial charge < -0.3 is 10.2 Å². The summed E-state index contributed by atoms with van der Waals surface area (Å²) < 4.78 is 0. The summed E-state index contributed by atoms with van der Waals surface area (Å²) in [5, 5.41) is 10.1. The molecule has 1 aromatic heterocycles. The summed E-state index contributed by atoms with van der Waals surface area (Å²) in [7, 11) is 2.14. The SMILES string of the molecule is CC(C)Cc1cc(C(=O)NC[C@@H]2CCCN(C)C2)n[nH]1. The second-order valence-corrected chi connectivity index (χ2v) is 6.36. The van der Waals surface area contributed by atoms with E-state index in [2.05, 4.69) is 41.3 Å². The van der Waals surface area contributed by atoms with Crippen LogP contribution in [0.5, 0.6) is 0 Å². The molecule has 2 rings (SSSR count). The molecule has 0 aliphatic carbocycles. The van der Waals surface area contributed by atoms with E-state index in [0.717, 1.165) is 25.2 Å². The van der Waals surface area contributed by atoms with Gasteiger partial charge in [-0.1, -0.05) is 13.8 Å². The number of likely N-dealkylation sites (tertiary alicyclic amines) is 1. The molecule has 2 heterocycles. The van der Waals surface area contributed by atoms with E-state index in [1.165, 1.54) is 19.4 Å². The second-order valence-electron chi connectivity index (χ2n) is 6.36. The number of H-pyrrole nitrogens is 1. The van der Waals surface area contributed by atoms with Gasteiger partial charge in [0, 0.05) is 18.8 Å². The first-order chi connectivity index (χ1) is 9.54. The highest BCUT2D eigenvalue weighted by Gasteiger charge is 2.18. The van der Waals surface area contributed by atoms with Crippen molar-refractivity contribution in [1.29, 1.82) is 0 Å². The van der Waals surface area contributed by atoms with E-state index >= 15 is 0 Å². The summed E-state index contributed by atoms with van der Waals surface area (Å²) in [6.07, 6.45) is 3.34. The topological polar surface area (TPSA) is 61.0 Å². The molecule has 112 valence electrons. The Bertz CT molecular complexity index is 441. The summed E-state index contributed by atoms with van der Waals surface area (Å²) in [4.78, 5) is 14.4. The van der Waals surface area contributed by atoms with Crippen LogP contribution in [0.25, 0.3) is 0 Å². The molecular formula is C15H26N4O. The van der Waals surface area contributed by atoms with Crippen molar-refractivity contribution in [3.05, 3.63) is 17.5 Å². The molecule has 1 saturated heterocycles. The third-order valence-electron chi connectivity index (χ3n) is 3.77. The van der Waals surface area contributed by atoms with Gasteiger partial charge in [-0.25, -0.2) is 0 Å². The van der Waals surface area contributed by atoms with Crippen molar-refractivity contribution < 1.29 is 4.79 Å². The predicted molar refractivity (Wildman–Crippen MR) is 79.7 cm³/mol. The quantitative estimate of drug-likeness (QED) is 0.861. The lowest BCUT2D eigenvalue weighted by atomic mass is 9.98. The Morgan fingerprint density at radius 3 is 3.10 bits per heavy atom. The van der Waals surface area contributed by atoms with Crippen LogP contribution in [0, 0.1) is 11.8 Å². The summed E-state index contributed by atoms with van der Waals surface area (Å²) in [6.45, 7) is 7.29. The molecule has 0 radical (unpaired) electrons. The zero-order valence-electron chi connectivity index (χ0n) is 12.8. The number of carbonyl (C=O) groups is 1. The molecule has 1 fully saturated rings. The van der Waals surface area contributed by atoms with Gasteiger partial charge in [-0.3, -0.25) is 9.89 Å². The zero-order chi connectivity index (χ0) is 14.5. The third kappa shape index (κ3) is 4.34. The van der Waals surface area contributed by atoms with Gasteiger partial charge in [0.1, 0.15) is 5.69 Å². The Morgan fingerprint density at radius 2 is 2.40 bits per heavy atom. The van der Waals surface area contributed by atoms with E-state index in [4.69, 9.17) is 0 Å². The maximum Gasteiger partial charge on any atom is 0.271 e. The first kappa shape index (κ1) is 15.0. The standard InChI is InChI=1S/C15H26N4O/c1-11(2)7-13-8-14(18-17-13)15(20)16-9-12-5-4-6-19(3)10-12/h8,11-12H,4-7,9-10H2,1-3H3,(H,16,20)(H,17,18)/t12-/m0/s1. The molecule has 0 saturated carbocycles. The fourth-order valence-corrected chi connectivity index (χ4v) is 2.79. The van der Waals surface area contributed by atoms with E-state index in [-0.39, 0.29) is 5.91 Å². The summed E-state index contributed by atoms with van der Waals surface area (Å²) >= 11 is 0. The number of hydrogen-bond donors (Lipinski definition) is 2. The number of piperidine rings is 1. The van der Waals surface area contributed by atoms with E-state index < -0.39 is 0 Å². The molecule has 5 nitrogen and oxygen atoms in total. The molecule has 1 amide bonds. The molecule has 0 aromatic carbocycles. The van der Waals surface area contributed by atoms with Gasteiger partial charge in [-0.15, -0.1) is 0 Å². The second kappa shape index (κ2) is 6.88. The van der Waals surface area contributed by atoms with Crippen LogP contribution >= 0.6 is 0 Å². The normalized spacial score (nSPS) is 20.3. The molecule has 5 heteroatoms. The minimum Gasteiger partial charge on any atom is -0.350 e. The summed E-state index contributed by atoms with van der Waals surface area (Å²) in [6, 6.07) is 1.86. The number of nitrogens with zero attached hydrogens (tertiary/aromatic N) is 2. The van der Waals surface area contributed by atoms with Crippen molar-refractivity contribution in [3.63, 3.8) is 0 Å². The van der Waals surface area contributed by atoms with Gasteiger partial charge in [0.05, 0.1) is 0 Å². The number of nitrogens with one attached hydrogen (secondary N) is 2. The predicted octanol–water partition coefficient (Wildman–Crippen LogP) is 1.68. The summed E-state index contributed by atoms with van der Waals surface area (Å²) in [5.41, 5.74) is 1.53. The fourth-order valence-electron chi connectivity index (χ4n) is 2.79. The molecule has 1 aliphatic rings. The molecule has 2 N–H and O–H groups in total. The van der Waals surface area contributed by atoms with Crippen LogP contribution in [0.1, 0.15) is 42.9 Å². The van der Waals surface area contributed by atoms with E-state index in [9.17, 15) is 4.79 Å². The van der Waals surface area contributed by atoms with E-state index in [0.29, 0.717) is 17.5 Å². The Hall–Kier alpha value is -1.36. The maximum atomic E-state index is 12.1. The number of amides is 1. The van der Waals surface area contributed by atoms with Crippen LogP contribution in [-0.2, 0) is 6.42 Å². The van der Waals surface area contributed by atoms with Crippen LogP contribution in [0.15, 0.2) is 6.07 Å². The molecule has 1 aliphatic heterocycles. The largest absolute Gasteiger partial charge is 0.350 e. The van der Waals surface area contributed by atoms with Crippen molar-refractivity contribution in [2.24, 2.45) is 11.8 Å². The average molecular weight is 278 g/mol.